The Kier molecular flexibility index (Phi) is 7.17. The number of aromatic nitrogens is 2. The zero-order valence-corrected chi connectivity index (χ0v) is 19.2. The molecule has 2 unspecified atom stereocenters. The highest BCUT2D eigenvalue weighted by Crippen LogP contribution is 2.39. The molecule has 0 aromatic carbocycles. The van der Waals surface area contributed by atoms with Crippen LogP contribution in [0.15, 0.2) is 30.5 Å². The Bertz CT molecular complexity index is 1120. The zero-order valence-electron chi connectivity index (χ0n) is 19.2. The van der Waals surface area contributed by atoms with Crippen molar-refractivity contribution in [1.82, 2.24) is 15.3 Å². The van der Waals surface area contributed by atoms with Gasteiger partial charge in [0, 0.05) is 13.1 Å². The van der Waals surface area contributed by atoms with Gasteiger partial charge in [0.25, 0.3) is 5.91 Å². The number of carbonyl (C=O) groups is 2. The molecule has 0 saturated carbocycles. The first-order valence-corrected chi connectivity index (χ1v) is 11.2. The number of aliphatic hydroxyl groups is 2. The number of ether oxygens (including phenoxy) is 1. The molecule has 2 bridgehead atoms. The third-order valence-electron chi connectivity index (χ3n) is 5.87. The van der Waals surface area contributed by atoms with Crippen LogP contribution in [0, 0.1) is 0 Å². The Hall–Kier alpha value is -3.65. The maximum absolute atomic E-state index is 13.2. The van der Waals surface area contributed by atoms with Crippen LogP contribution >= 0.6 is 0 Å². The fourth-order valence-corrected chi connectivity index (χ4v) is 3.90. The summed E-state index contributed by atoms with van der Waals surface area (Å²) in [4.78, 5) is 37.4. The van der Waals surface area contributed by atoms with E-state index in [1.165, 1.54) is 29.3 Å². The van der Waals surface area contributed by atoms with Crippen molar-refractivity contribution in [3.63, 3.8) is 0 Å². The fraction of sp³-hybridized carbons (Fsp3) is 0.455. The van der Waals surface area contributed by atoms with Crippen LogP contribution in [-0.2, 0) is 0 Å². The summed E-state index contributed by atoms with van der Waals surface area (Å²) in [5.74, 6) is -0.309. The molecule has 2 aromatic heterocycles. The van der Waals surface area contributed by atoms with Gasteiger partial charge >= 0.3 is 12.2 Å². The third-order valence-corrected chi connectivity index (χ3v) is 5.87. The van der Waals surface area contributed by atoms with Crippen molar-refractivity contribution in [3.05, 3.63) is 36.2 Å². The average molecular weight is 510 g/mol. The largest absolute Gasteiger partial charge is 0.489 e. The van der Waals surface area contributed by atoms with Crippen LogP contribution in [0.5, 0.6) is 5.75 Å². The molecule has 194 valence electrons. The van der Waals surface area contributed by atoms with Gasteiger partial charge in [-0.3, -0.25) is 15.0 Å². The highest BCUT2D eigenvalue weighted by atomic mass is 19.4. The Morgan fingerprint density at radius 1 is 1.28 bits per heavy atom. The number of pyridine rings is 2. The van der Waals surface area contributed by atoms with Gasteiger partial charge in [0.05, 0.1) is 24.5 Å². The Balaban J connectivity index is 1.51. The SMILES string of the molecule is CC(NC(=O)c1ccc2c(n1)N(C(=O)Nc1ccc(OCC(O)CO)cn1)[C@H]1CCN2C1)C(F)(F)F. The van der Waals surface area contributed by atoms with Crippen LogP contribution in [0.1, 0.15) is 23.8 Å². The standard InChI is InChI=1S/C22H25F3N6O5/c1-12(22(23,24)25)27-20(34)16-3-4-17-19(28-16)31(13-6-7-30(17)9-13)21(35)29-18-5-2-15(8-26-18)36-11-14(33)10-32/h2-5,8,12-14,32-33H,6-7,9-11H2,1H3,(H,27,34)(H,26,29,35)/t12?,13-,14?/m0/s1. The number of rotatable bonds is 7. The minimum absolute atomic E-state index is 0.129. The summed E-state index contributed by atoms with van der Waals surface area (Å²) < 4.78 is 43.9. The maximum atomic E-state index is 13.2. The second-order valence-electron chi connectivity index (χ2n) is 8.49. The van der Waals surface area contributed by atoms with Crippen molar-refractivity contribution in [1.29, 1.82) is 0 Å². The monoisotopic (exact) mass is 510 g/mol. The molecular weight excluding hydrogens is 485 g/mol. The number of anilines is 3. The molecule has 3 amide bonds. The van der Waals surface area contributed by atoms with Crippen LogP contribution in [-0.4, -0.2) is 82.8 Å². The molecule has 1 saturated heterocycles. The molecule has 1 fully saturated rings. The fourth-order valence-electron chi connectivity index (χ4n) is 3.90. The summed E-state index contributed by atoms with van der Waals surface area (Å²) in [6.07, 6.45) is -3.66. The van der Waals surface area contributed by atoms with Crippen LogP contribution in [0.4, 0.5) is 35.3 Å². The summed E-state index contributed by atoms with van der Waals surface area (Å²) in [6, 6.07) is 3.04. The van der Waals surface area contributed by atoms with E-state index in [0.717, 1.165) is 6.92 Å². The number of hydrogen-bond acceptors (Lipinski definition) is 8. The average Bonchev–Trinajstić information content (AvgIpc) is 3.26. The molecule has 0 radical (unpaired) electrons. The molecule has 0 aliphatic carbocycles. The normalized spacial score (nSPS) is 18.3. The van der Waals surface area contributed by atoms with Gasteiger partial charge in [0.15, 0.2) is 5.82 Å². The van der Waals surface area contributed by atoms with Gasteiger partial charge in [-0.1, -0.05) is 0 Å². The number of hydrogen-bond donors (Lipinski definition) is 4. The van der Waals surface area contributed by atoms with Gasteiger partial charge < -0.3 is 25.2 Å². The van der Waals surface area contributed by atoms with Crippen LogP contribution in [0.3, 0.4) is 0 Å². The van der Waals surface area contributed by atoms with Gasteiger partial charge in [-0.25, -0.2) is 14.8 Å². The summed E-state index contributed by atoms with van der Waals surface area (Å²) in [7, 11) is 0. The molecule has 2 aromatic rings. The summed E-state index contributed by atoms with van der Waals surface area (Å²) >= 11 is 0. The number of halogens is 3. The summed E-state index contributed by atoms with van der Waals surface area (Å²) in [5, 5.41) is 22.7. The highest BCUT2D eigenvalue weighted by Gasteiger charge is 2.41. The highest BCUT2D eigenvalue weighted by molar-refractivity contribution is 6.05. The first-order chi connectivity index (χ1) is 17.1. The second-order valence-corrected chi connectivity index (χ2v) is 8.49. The van der Waals surface area contributed by atoms with Crippen molar-refractivity contribution in [2.24, 2.45) is 0 Å². The van der Waals surface area contributed by atoms with Crippen LogP contribution in [0.25, 0.3) is 0 Å². The predicted octanol–water partition coefficient (Wildman–Crippen LogP) is 1.52. The summed E-state index contributed by atoms with van der Waals surface area (Å²) in [5.41, 5.74) is 0.355. The number of fused-ring (bicyclic) bond motifs is 4. The van der Waals surface area contributed by atoms with E-state index in [0.29, 0.717) is 30.9 Å². The van der Waals surface area contributed by atoms with E-state index < -0.39 is 36.9 Å². The van der Waals surface area contributed by atoms with Crippen LogP contribution < -0.4 is 25.2 Å². The molecule has 3 atom stereocenters. The lowest BCUT2D eigenvalue weighted by molar-refractivity contribution is -0.149. The lowest BCUT2D eigenvalue weighted by atomic mass is 10.1. The van der Waals surface area contributed by atoms with Gasteiger partial charge in [-0.05, 0) is 37.6 Å². The van der Waals surface area contributed by atoms with Crippen LogP contribution in [0.2, 0.25) is 0 Å². The Labute approximate surface area is 203 Å². The lowest BCUT2D eigenvalue weighted by Crippen LogP contribution is -2.49. The first-order valence-electron chi connectivity index (χ1n) is 11.2. The minimum Gasteiger partial charge on any atom is -0.489 e. The van der Waals surface area contributed by atoms with E-state index in [-0.39, 0.29) is 30.0 Å². The van der Waals surface area contributed by atoms with Crippen molar-refractivity contribution < 1.29 is 37.7 Å². The Morgan fingerprint density at radius 3 is 2.72 bits per heavy atom. The molecule has 2 aliphatic rings. The van der Waals surface area contributed by atoms with Crippen molar-refractivity contribution in [2.75, 3.05) is 41.4 Å². The van der Waals surface area contributed by atoms with Crippen molar-refractivity contribution >= 4 is 29.3 Å². The Morgan fingerprint density at radius 2 is 2.06 bits per heavy atom. The van der Waals surface area contributed by atoms with E-state index in [4.69, 9.17) is 9.84 Å². The topological polar surface area (TPSA) is 140 Å². The number of amides is 3. The minimum atomic E-state index is -4.60. The molecule has 2 aliphatic heterocycles. The van der Waals surface area contributed by atoms with Crippen molar-refractivity contribution in [3.8, 4) is 5.75 Å². The van der Waals surface area contributed by atoms with Gasteiger partial charge in [-0.2, -0.15) is 13.2 Å². The molecule has 11 nitrogen and oxygen atoms in total. The number of urea groups is 1. The van der Waals surface area contributed by atoms with E-state index in [1.54, 1.807) is 6.07 Å². The van der Waals surface area contributed by atoms with E-state index in [1.807, 2.05) is 10.2 Å². The second kappa shape index (κ2) is 10.1. The molecule has 4 rings (SSSR count). The van der Waals surface area contributed by atoms with Gasteiger partial charge in [0.1, 0.15) is 36.0 Å². The molecule has 14 heteroatoms. The molecule has 0 spiro atoms. The molecular formula is C22H25F3N6O5. The zero-order chi connectivity index (χ0) is 26.0. The number of aliphatic hydroxyl groups excluding tert-OH is 2. The van der Waals surface area contributed by atoms with Crippen molar-refractivity contribution in [2.45, 2.75) is 37.7 Å². The van der Waals surface area contributed by atoms with E-state index >= 15 is 0 Å². The molecule has 36 heavy (non-hydrogen) atoms. The number of nitrogens with one attached hydrogen (secondary N) is 2. The maximum Gasteiger partial charge on any atom is 0.408 e. The number of alkyl halides is 3. The first kappa shape index (κ1) is 25.4. The molecule has 4 heterocycles. The van der Waals surface area contributed by atoms with E-state index in [2.05, 4.69) is 15.3 Å². The quantitative estimate of drug-likeness (QED) is 0.440. The number of carbonyl (C=O) groups excluding carboxylic acids is 2. The molecule has 4 N–H and O–H groups in total. The summed E-state index contributed by atoms with van der Waals surface area (Å²) in [6.45, 7) is 1.46. The number of nitrogens with zero attached hydrogens (tertiary/aromatic N) is 4. The van der Waals surface area contributed by atoms with E-state index in [9.17, 15) is 27.9 Å². The predicted molar refractivity (Wildman–Crippen MR) is 122 cm³/mol. The smallest absolute Gasteiger partial charge is 0.408 e. The van der Waals surface area contributed by atoms with Gasteiger partial charge in [-0.15, -0.1) is 0 Å². The third kappa shape index (κ3) is 5.44. The lowest BCUT2D eigenvalue weighted by Gasteiger charge is -2.35. The van der Waals surface area contributed by atoms with Gasteiger partial charge in [0.2, 0.25) is 0 Å².